The van der Waals surface area contributed by atoms with Crippen LogP contribution < -0.4 is 14.8 Å². The first-order chi connectivity index (χ1) is 14.4. The molecule has 0 atom stereocenters. The van der Waals surface area contributed by atoms with Crippen LogP contribution >= 0.6 is 0 Å². The van der Waals surface area contributed by atoms with Gasteiger partial charge in [0.15, 0.2) is 11.5 Å². The van der Waals surface area contributed by atoms with Gasteiger partial charge in [0, 0.05) is 17.8 Å². The molecule has 3 aromatic rings. The van der Waals surface area contributed by atoms with E-state index < -0.39 is 10.0 Å². The molecule has 30 heavy (non-hydrogen) atoms. The number of nitrogens with one attached hydrogen (secondary N) is 2. The summed E-state index contributed by atoms with van der Waals surface area (Å²) in [6.07, 6.45) is 0.517. The van der Waals surface area contributed by atoms with Gasteiger partial charge in [0.1, 0.15) is 0 Å². The number of hydrogen-bond donors (Lipinski definition) is 3. The SMILES string of the molecule is COc1ccc(CCNC(=O)c2cccc(NS(=O)(=O)c3ccccc3)c2)cc1O. The highest BCUT2D eigenvalue weighted by molar-refractivity contribution is 7.92. The number of aromatic hydroxyl groups is 1. The highest BCUT2D eigenvalue weighted by Crippen LogP contribution is 2.26. The standard InChI is InChI=1S/C22H22N2O5S/c1-29-21-11-10-16(14-20(21)25)12-13-23-22(26)17-6-5-7-18(15-17)24-30(27,28)19-8-3-2-4-9-19/h2-11,14-15,24-25H,12-13H2,1H3,(H,23,26). The van der Waals surface area contributed by atoms with E-state index in [4.69, 9.17) is 4.74 Å². The number of anilines is 1. The van der Waals surface area contributed by atoms with Crippen LogP contribution in [0.3, 0.4) is 0 Å². The molecule has 3 N–H and O–H groups in total. The van der Waals surface area contributed by atoms with E-state index in [1.54, 1.807) is 48.5 Å². The Hall–Kier alpha value is -3.52. The molecule has 0 aliphatic rings. The van der Waals surface area contributed by atoms with Crippen LogP contribution in [0, 0.1) is 0 Å². The summed E-state index contributed by atoms with van der Waals surface area (Å²) in [7, 11) is -2.26. The zero-order valence-electron chi connectivity index (χ0n) is 16.3. The molecule has 3 aromatic carbocycles. The van der Waals surface area contributed by atoms with Crippen molar-refractivity contribution in [1.29, 1.82) is 0 Å². The van der Waals surface area contributed by atoms with Crippen LogP contribution in [-0.2, 0) is 16.4 Å². The minimum absolute atomic E-state index is 0.0414. The van der Waals surface area contributed by atoms with E-state index in [2.05, 4.69) is 10.0 Å². The molecule has 8 heteroatoms. The summed E-state index contributed by atoms with van der Waals surface area (Å²) < 4.78 is 32.4. The first-order valence-electron chi connectivity index (χ1n) is 9.21. The van der Waals surface area contributed by atoms with Crippen molar-refractivity contribution < 1.29 is 23.1 Å². The number of benzene rings is 3. The molecule has 0 saturated heterocycles. The van der Waals surface area contributed by atoms with Gasteiger partial charge in [-0.3, -0.25) is 9.52 Å². The molecule has 0 radical (unpaired) electrons. The molecule has 0 unspecified atom stereocenters. The van der Waals surface area contributed by atoms with Gasteiger partial charge in [-0.2, -0.15) is 0 Å². The van der Waals surface area contributed by atoms with Crippen molar-refractivity contribution in [2.75, 3.05) is 18.4 Å². The van der Waals surface area contributed by atoms with Crippen LogP contribution in [-0.4, -0.2) is 33.1 Å². The summed E-state index contributed by atoms with van der Waals surface area (Å²) in [5.74, 6) is 0.103. The van der Waals surface area contributed by atoms with E-state index in [0.717, 1.165) is 5.56 Å². The molecule has 0 aliphatic carbocycles. The van der Waals surface area contributed by atoms with Gasteiger partial charge in [-0.25, -0.2) is 8.42 Å². The van der Waals surface area contributed by atoms with Crippen molar-refractivity contribution in [3.8, 4) is 11.5 Å². The second-order valence-corrected chi connectivity index (χ2v) is 8.19. The molecule has 7 nitrogen and oxygen atoms in total. The number of carbonyl (C=O) groups is 1. The van der Waals surface area contributed by atoms with Crippen molar-refractivity contribution in [1.82, 2.24) is 5.32 Å². The number of amides is 1. The summed E-state index contributed by atoms with van der Waals surface area (Å²) in [6, 6.07) is 19.3. The molecule has 1 amide bonds. The van der Waals surface area contributed by atoms with E-state index in [9.17, 15) is 18.3 Å². The summed E-state index contributed by atoms with van der Waals surface area (Å²) >= 11 is 0. The average molecular weight is 426 g/mol. The minimum atomic E-state index is -3.73. The zero-order valence-corrected chi connectivity index (χ0v) is 17.1. The predicted octanol–water partition coefficient (Wildman–Crippen LogP) is 3.17. The largest absolute Gasteiger partial charge is 0.504 e. The molecule has 0 spiro atoms. The van der Waals surface area contributed by atoms with Crippen LogP contribution in [0.2, 0.25) is 0 Å². The Morgan fingerprint density at radius 3 is 2.47 bits per heavy atom. The molecular formula is C22H22N2O5S. The van der Waals surface area contributed by atoms with E-state index in [-0.39, 0.29) is 16.6 Å². The number of phenolic OH excluding ortho intramolecular Hbond substituents is 1. The van der Waals surface area contributed by atoms with Gasteiger partial charge >= 0.3 is 0 Å². The molecule has 0 saturated carbocycles. The second-order valence-electron chi connectivity index (χ2n) is 6.51. The highest BCUT2D eigenvalue weighted by Gasteiger charge is 2.14. The van der Waals surface area contributed by atoms with Crippen LogP contribution in [0.15, 0.2) is 77.7 Å². The lowest BCUT2D eigenvalue weighted by Gasteiger charge is -2.10. The van der Waals surface area contributed by atoms with E-state index >= 15 is 0 Å². The molecule has 0 fully saturated rings. The first-order valence-corrected chi connectivity index (χ1v) is 10.7. The summed E-state index contributed by atoms with van der Waals surface area (Å²) in [5.41, 5.74) is 1.48. The number of phenols is 1. The van der Waals surface area contributed by atoms with Gasteiger partial charge < -0.3 is 15.2 Å². The zero-order chi connectivity index (χ0) is 21.6. The summed E-state index contributed by atoms with van der Waals surface area (Å²) in [5, 5.41) is 12.6. The third kappa shape index (κ3) is 5.30. The maximum Gasteiger partial charge on any atom is 0.261 e. The molecular weight excluding hydrogens is 404 g/mol. The van der Waals surface area contributed by atoms with Gasteiger partial charge in [0.2, 0.25) is 0 Å². The number of carbonyl (C=O) groups excluding carboxylic acids is 1. The molecule has 0 heterocycles. The second kappa shape index (κ2) is 9.32. The van der Waals surface area contributed by atoms with Crippen molar-refractivity contribution >= 4 is 21.6 Å². The Kier molecular flexibility index (Phi) is 6.58. The predicted molar refractivity (Wildman–Crippen MR) is 114 cm³/mol. The maximum absolute atomic E-state index is 12.4. The van der Waals surface area contributed by atoms with Gasteiger partial charge in [-0.05, 0) is 54.4 Å². The molecule has 3 rings (SSSR count). The number of sulfonamides is 1. The summed E-state index contributed by atoms with van der Waals surface area (Å²) in [4.78, 5) is 12.6. The maximum atomic E-state index is 12.4. The third-order valence-corrected chi connectivity index (χ3v) is 5.77. The van der Waals surface area contributed by atoms with E-state index in [1.807, 2.05) is 6.07 Å². The fourth-order valence-electron chi connectivity index (χ4n) is 2.85. The van der Waals surface area contributed by atoms with Gasteiger partial charge in [-0.15, -0.1) is 0 Å². The fraction of sp³-hybridized carbons (Fsp3) is 0.136. The van der Waals surface area contributed by atoms with E-state index in [1.165, 1.54) is 25.3 Å². The number of methoxy groups -OCH3 is 1. The van der Waals surface area contributed by atoms with Crippen LogP contribution in [0.5, 0.6) is 11.5 Å². The van der Waals surface area contributed by atoms with Crippen LogP contribution in [0.1, 0.15) is 15.9 Å². The normalized spacial score (nSPS) is 11.0. The number of hydrogen-bond acceptors (Lipinski definition) is 5. The van der Waals surface area contributed by atoms with Crippen molar-refractivity contribution in [2.45, 2.75) is 11.3 Å². The Labute approximate surface area is 175 Å². The quantitative estimate of drug-likeness (QED) is 0.513. The van der Waals surface area contributed by atoms with Crippen molar-refractivity contribution in [3.05, 3.63) is 83.9 Å². The van der Waals surface area contributed by atoms with Crippen LogP contribution in [0.25, 0.3) is 0 Å². The summed E-state index contributed by atoms with van der Waals surface area (Å²) in [6.45, 7) is 0.352. The number of ether oxygens (including phenoxy) is 1. The van der Waals surface area contributed by atoms with Crippen LogP contribution in [0.4, 0.5) is 5.69 Å². The average Bonchev–Trinajstić information content (AvgIpc) is 2.74. The molecule has 156 valence electrons. The minimum Gasteiger partial charge on any atom is -0.504 e. The third-order valence-electron chi connectivity index (χ3n) is 4.37. The molecule has 0 aliphatic heterocycles. The topological polar surface area (TPSA) is 105 Å². The van der Waals surface area contributed by atoms with Crippen molar-refractivity contribution in [3.63, 3.8) is 0 Å². The Bertz CT molecular complexity index is 1130. The van der Waals surface area contributed by atoms with Gasteiger partial charge in [-0.1, -0.05) is 30.3 Å². The first kappa shape index (κ1) is 21.2. The highest BCUT2D eigenvalue weighted by atomic mass is 32.2. The lowest BCUT2D eigenvalue weighted by atomic mass is 10.1. The monoisotopic (exact) mass is 426 g/mol. The Morgan fingerprint density at radius 1 is 1.00 bits per heavy atom. The molecule has 0 bridgehead atoms. The smallest absolute Gasteiger partial charge is 0.261 e. The van der Waals surface area contributed by atoms with Gasteiger partial charge in [0.25, 0.3) is 15.9 Å². The van der Waals surface area contributed by atoms with Crippen molar-refractivity contribution in [2.24, 2.45) is 0 Å². The van der Waals surface area contributed by atoms with Gasteiger partial charge in [0.05, 0.1) is 12.0 Å². The fourth-order valence-corrected chi connectivity index (χ4v) is 3.92. The lowest BCUT2D eigenvalue weighted by molar-refractivity contribution is 0.0954. The Balaban J connectivity index is 1.61. The number of rotatable bonds is 8. The van der Waals surface area contributed by atoms with E-state index in [0.29, 0.717) is 30.0 Å². The Morgan fingerprint density at radius 2 is 1.77 bits per heavy atom. The molecule has 0 aromatic heterocycles. The lowest BCUT2D eigenvalue weighted by Crippen LogP contribution is -2.25.